The summed E-state index contributed by atoms with van der Waals surface area (Å²) >= 11 is 5.91. The molecule has 0 amide bonds. The molecule has 0 saturated heterocycles. The van der Waals surface area contributed by atoms with Crippen molar-refractivity contribution in [2.45, 2.75) is 12.6 Å². The highest BCUT2D eigenvalue weighted by molar-refractivity contribution is 6.30. The van der Waals surface area contributed by atoms with Crippen LogP contribution in [0.1, 0.15) is 17.2 Å². The van der Waals surface area contributed by atoms with Crippen molar-refractivity contribution < 1.29 is 5.11 Å². The van der Waals surface area contributed by atoms with Crippen LogP contribution in [-0.4, -0.2) is 11.7 Å². The van der Waals surface area contributed by atoms with E-state index in [1.165, 1.54) is 0 Å². The van der Waals surface area contributed by atoms with Gasteiger partial charge in [0.25, 0.3) is 0 Å². The molecule has 0 spiro atoms. The third-order valence-electron chi connectivity index (χ3n) is 2.74. The summed E-state index contributed by atoms with van der Waals surface area (Å²) in [7, 11) is 0. The zero-order valence-corrected chi connectivity index (χ0v) is 13.2. The van der Waals surface area contributed by atoms with E-state index in [4.69, 9.17) is 11.6 Å². The van der Waals surface area contributed by atoms with Gasteiger partial charge < -0.3 is 10.4 Å². The highest BCUT2D eigenvalue weighted by Gasteiger charge is 2.05. The normalized spacial score (nSPS) is 11.1. The minimum absolute atomic E-state index is 0. The van der Waals surface area contributed by atoms with E-state index in [1.54, 1.807) is 0 Å². The maximum absolute atomic E-state index is 9.96. The Morgan fingerprint density at radius 1 is 1.00 bits per heavy atom. The van der Waals surface area contributed by atoms with E-state index in [-0.39, 0.29) is 24.8 Å². The summed E-state index contributed by atoms with van der Waals surface area (Å²) < 4.78 is 0. The van der Waals surface area contributed by atoms with Crippen LogP contribution in [-0.2, 0) is 6.54 Å². The molecule has 2 nitrogen and oxygen atoms in total. The van der Waals surface area contributed by atoms with Gasteiger partial charge in [-0.25, -0.2) is 0 Å². The standard InChI is InChI=1S/C15H16ClNO.2ClH/c16-14-8-4-5-12(9-14)10-17-11-15(18)13-6-2-1-3-7-13;;/h1-9,15,17-18H,10-11H2;2*1H. The zero-order chi connectivity index (χ0) is 12.8. The summed E-state index contributed by atoms with van der Waals surface area (Å²) in [4.78, 5) is 0. The number of hydrogen-bond acceptors (Lipinski definition) is 2. The topological polar surface area (TPSA) is 32.3 Å². The number of aliphatic hydroxyl groups is 1. The van der Waals surface area contributed by atoms with E-state index in [9.17, 15) is 5.11 Å². The SMILES string of the molecule is Cl.Cl.OC(CNCc1cccc(Cl)c1)c1ccccc1. The molecule has 0 fully saturated rings. The maximum Gasteiger partial charge on any atom is 0.0914 e. The lowest BCUT2D eigenvalue weighted by Gasteiger charge is -2.12. The molecule has 0 aliphatic rings. The molecule has 1 atom stereocenters. The van der Waals surface area contributed by atoms with E-state index < -0.39 is 6.10 Å². The molecule has 1 unspecified atom stereocenters. The van der Waals surface area contributed by atoms with Crippen LogP contribution in [0.15, 0.2) is 54.6 Å². The first-order valence-electron chi connectivity index (χ1n) is 5.94. The first-order chi connectivity index (χ1) is 8.75. The Bertz CT molecular complexity index is 493. The van der Waals surface area contributed by atoms with Crippen molar-refractivity contribution in [3.05, 3.63) is 70.7 Å². The molecule has 0 aliphatic heterocycles. The van der Waals surface area contributed by atoms with Crippen molar-refractivity contribution in [1.29, 1.82) is 0 Å². The quantitative estimate of drug-likeness (QED) is 0.866. The Morgan fingerprint density at radius 2 is 1.70 bits per heavy atom. The monoisotopic (exact) mass is 333 g/mol. The number of nitrogens with one attached hydrogen (secondary N) is 1. The Morgan fingerprint density at radius 3 is 2.35 bits per heavy atom. The smallest absolute Gasteiger partial charge is 0.0914 e. The number of halogens is 3. The molecule has 0 aromatic heterocycles. The first-order valence-corrected chi connectivity index (χ1v) is 6.31. The van der Waals surface area contributed by atoms with Crippen molar-refractivity contribution in [3.63, 3.8) is 0 Å². The summed E-state index contributed by atoms with van der Waals surface area (Å²) in [5.41, 5.74) is 2.04. The molecule has 0 bridgehead atoms. The van der Waals surface area contributed by atoms with E-state index in [0.717, 1.165) is 16.1 Å². The molecule has 0 heterocycles. The second kappa shape index (κ2) is 10.0. The van der Waals surface area contributed by atoms with Crippen molar-refractivity contribution >= 4 is 36.4 Å². The Labute approximate surface area is 137 Å². The van der Waals surface area contributed by atoms with Crippen molar-refractivity contribution in [3.8, 4) is 0 Å². The van der Waals surface area contributed by atoms with E-state index in [1.807, 2.05) is 54.6 Å². The van der Waals surface area contributed by atoms with E-state index >= 15 is 0 Å². The zero-order valence-electron chi connectivity index (χ0n) is 10.8. The average Bonchev–Trinajstić information content (AvgIpc) is 2.40. The Kier molecular flexibility index (Phi) is 9.64. The summed E-state index contributed by atoms with van der Waals surface area (Å²) in [6.45, 7) is 1.22. The molecular weight excluding hydrogens is 317 g/mol. The van der Waals surface area contributed by atoms with Crippen LogP contribution in [0, 0.1) is 0 Å². The number of benzene rings is 2. The van der Waals surface area contributed by atoms with Crippen LogP contribution in [0.5, 0.6) is 0 Å². The third-order valence-corrected chi connectivity index (χ3v) is 2.98. The van der Waals surface area contributed by atoms with Gasteiger partial charge in [0.2, 0.25) is 0 Å². The van der Waals surface area contributed by atoms with Crippen LogP contribution in [0.3, 0.4) is 0 Å². The van der Waals surface area contributed by atoms with E-state index in [2.05, 4.69) is 5.32 Å². The molecule has 2 rings (SSSR count). The average molecular weight is 335 g/mol. The molecule has 2 aromatic carbocycles. The van der Waals surface area contributed by atoms with Crippen molar-refractivity contribution in [2.75, 3.05) is 6.54 Å². The van der Waals surface area contributed by atoms with Crippen LogP contribution >= 0.6 is 36.4 Å². The molecule has 5 heteroatoms. The lowest BCUT2D eigenvalue weighted by molar-refractivity contribution is 0.174. The van der Waals surface area contributed by atoms with Gasteiger partial charge in [-0.05, 0) is 23.3 Å². The maximum atomic E-state index is 9.96. The molecule has 110 valence electrons. The van der Waals surface area contributed by atoms with Gasteiger partial charge in [-0.1, -0.05) is 54.1 Å². The Balaban J connectivity index is 0.00000180. The lowest BCUT2D eigenvalue weighted by Crippen LogP contribution is -2.20. The summed E-state index contributed by atoms with van der Waals surface area (Å²) in [5, 5.41) is 13.9. The molecule has 0 radical (unpaired) electrons. The first kappa shape index (κ1) is 19.2. The number of hydrogen-bond donors (Lipinski definition) is 2. The summed E-state index contributed by atoms with van der Waals surface area (Å²) in [6, 6.07) is 17.3. The fourth-order valence-electron chi connectivity index (χ4n) is 1.79. The predicted octanol–water partition coefficient (Wildman–Crippen LogP) is 4.01. The predicted molar refractivity (Wildman–Crippen MR) is 89.1 cm³/mol. The highest BCUT2D eigenvalue weighted by Crippen LogP contribution is 2.12. The molecular formula is C15H18Cl3NO. The van der Waals surface area contributed by atoms with Gasteiger partial charge in [-0.2, -0.15) is 0 Å². The molecule has 0 saturated carbocycles. The Hall–Kier alpha value is -0.770. The van der Waals surface area contributed by atoms with Gasteiger partial charge in [-0.15, -0.1) is 24.8 Å². The molecule has 2 aromatic rings. The lowest BCUT2D eigenvalue weighted by atomic mass is 10.1. The fraction of sp³-hybridized carbons (Fsp3) is 0.200. The van der Waals surface area contributed by atoms with Crippen LogP contribution in [0.2, 0.25) is 5.02 Å². The van der Waals surface area contributed by atoms with Gasteiger partial charge in [0, 0.05) is 18.1 Å². The molecule has 2 N–H and O–H groups in total. The second-order valence-corrected chi connectivity index (χ2v) is 4.62. The fourth-order valence-corrected chi connectivity index (χ4v) is 2.01. The van der Waals surface area contributed by atoms with Crippen molar-refractivity contribution in [1.82, 2.24) is 5.32 Å². The number of rotatable bonds is 5. The largest absolute Gasteiger partial charge is 0.387 e. The van der Waals surface area contributed by atoms with E-state index in [0.29, 0.717) is 13.1 Å². The van der Waals surface area contributed by atoms with Crippen LogP contribution in [0.4, 0.5) is 0 Å². The molecule has 0 aliphatic carbocycles. The minimum atomic E-state index is -0.481. The van der Waals surface area contributed by atoms with Gasteiger partial charge in [0.1, 0.15) is 0 Å². The number of aliphatic hydroxyl groups excluding tert-OH is 1. The van der Waals surface area contributed by atoms with Gasteiger partial charge in [0.15, 0.2) is 0 Å². The minimum Gasteiger partial charge on any atom is -0.387 e. The second-order valence-electron chi connectivity index (χ2n) is 4.19. The van der Waals surface area contributed by atoms with Crippen molar-refractivity contribution in [2.24, 2.45) is 0 Å². The summed E-state index contributed by atoms with van der Waals surface area (Å²) in [6.07, 6.45) is -0.481. The van der Waals surface area contributed by atoms with Gasteiger partial charge in [0.05, 0.1) is 6.10 Å². The summed E-state index contributed by atoms with van der Waals surface area (Å²) in [5.74, 6) is 0. The molecule has 20 heavy (non-hydrogen) atoms. The van der Waals surface area contributed by atoms with Crippen LogP contribution < -0.4 is 5.32 Å². The highest BCUT2D eigenvalue weighted by atomic mass is 35.5. The van der Waals surface area contributed by atoms with Crippen LogP contribution in [0.25, 0.3) is 0 Å². The van der Waals surface area contributed by atoms with Gasteiger partial charge in [-0.3, -0.25) is 0 Å². The third kappa shape index (κ3) is 6.12. The van der Waals surface area contributed by atoms with Gasteiger partial charge >= 0.3 is 0 Å².